The summed E-state index contributed by atoms with van der Waals surface area (Å²) in [5.74, 6) is 0.740. The quantitative estimate of drug-likeness (QED) is 0.655. The topological polar surface area (TPSA) is 55.5 Å². The highest BCUT2D eigenvalue weighted by Crippen LogP contribution is 2.23. The highest BCUT2D eigenvalue weighted by Gasteiger charge is 2.04. The second-order valence-electron chi connectivity index (χ2n) is 2.50. The molecule has 1 aromatic carbocycles. The van der Waals surface area contributed by atoms with Crippen molar-refractivity contribution < 1.29 is 9.84 Å². The van der Waals surface area contributed by atoms with E-state index in [1.807, 2.05) is 12.1 Å². The molecular formula is C9H13NO2. The fourth-order valence-corrected chi connectivity index (χ4v) is 1.15. The zero-order valence-corrected chi connectivity index (χ0v) is 7.08. The van der Waals surface area contributed by atoms with Gasteiger partial charge in [-0.05, 0) is 12.1 Å². The molecule has 0 aliphatic carbocycles. The van der Waals surface area contributed by atoms with E-state index in [4.69, 9.17) is 15.6 Å². The molecule has 1 rings (SSSR count). The van der Waals surface area contributed by atoms with Crippen LogP contribution in [0.5, 0.6) is 5.75 Å². The van der Waals surface area contributed by atoms with Crippen LogP contribution in [-0.4, -0.2) is 18.8 Å². The lowest BCUT2D eigenvalue weighted by molar-refractivity contribution is 0.297. The van der Waals surface area contributed by atoms with Crippen LogP contribution in [0.1, 0.15) is 5.56 Å². The number of hydrogen-bond acceptors (Lipinski definition) is 3. The highest BCUT2D eigenvalue weighted by molar-refractivity contribution is 5.54. The number of methoxy groups -OCH3 is 1. The van der Waals surface area contributed by atoms with Crippen molar-refractivity contribution in [2.45, 2.75) is 6.42 Å². The zero-order chi connectivity index (χ0) is 8.97. The second-order valence-corrected chi connectivity index (χ2v) is 2.50. The van der Waals surface area contributed by atoms with Gasteiger partial charge in [0.05, 0.1) is 7.11 Å². The van der Waals surface area contributed by atoms with E-state index >= 15 is 0 Å². The smallest absolute Gasteiger partial charge is 0.124 e. The van der Waals surface area contributed by atoms with Crippen molar-refractivity contribution in [3.8, 4) is 5.75 Å². The number of aliphatic hydroxyl groups is 1. The summed E-state index contributed by atoms with van der Waals surface area (Å²) in [6.07, 6.45) is 0.538. The van der Waals surface area contributed by atoms with Gasteiger partial charge in [0.1, 0.15) is 5.75 Å². The molecule has 3 nitrogen and oxygen atoms in total. The molecule has 0 heterocycles. The summed E-state index contributed by atoms with van der Waals surface area (Å²) >= 11 is 0. The van der Waals surface area contributed by atoms with Crippen molar-refractivity contribution in [1.29, 1.82) is 0 Å². The molecular weight excluding hydrogens is 154 g/mol. The second kappa shape index (κ2) is 3.97. The highest BCUT2D eigenvalue weighted by atomic mass is 16.5. The van der Waals surface area contributed by atoms with E-state index in [-0.39, 0.29) is 6.61 Å². The minimum Gasteiger partial charge on any atom is -0.496 e. The first-order valence-corrected chi connectivity index (χ1v) is 3.81. The summed E-state index contributed by atoms with van der Waals surface area (Å²) in [6.45, 7) is 0.0879. The molecule has 0 aliphatic heterocycles. The molecule has 3 N–H and O–H groups in total. The van der Waals surface area contributed by atoms with E-state index in [0.717, 1.165) is 11.3 Å². The Kier molecular flexibility index (Phi) is 2.94. The first-order valence-electron chi connectivity index (χ1n) is 3.81. The summed E-state index contributed by atoms with van der Waals surface area (Å²) < 4.78 is 5.09. The van der Waals surface area contributed by atoms with Gasteiger partial charge in [-0.2, -0.15) is 0 Å². The minimum atomic E-state index is 0.0879. The Hall–Kier alpha value is -1.22. The Labute approximate surface area is 71.8 Å². The van der Waals surface area contributed by atoms with Crippen molar-refractivity contribution >= 4 is 5.69 Å². The molecule has 0 radical (unpaired) electrons. The molecule has 0 amide bonds. The number of benzene rings is 1. The third kappa shape index (κ3) is 1.68. The molecule has 0 saturated carbocycles. The zero-order valence-electron chi connectivity index (χ0n) is 7.08. The largest absolute Gasteiger partial charge is 0.496 e. The molecule has 0 unspecified atom stereocenters. The number of anilines is 1. The standard InChI is InChI=1S/C9H13NO2/c1-12-9-4-2-3-8(10)7(9)5-6-11/h2-4,11H,5-6,10H2,1H3. The van der Waals surface area contributed by atoms with Gasteiger partial charge < -0.3 is 15.6 Å². The molecule has 0 fully saturated rings. The van der Waals surface area contributed by atoms with Crippen molar-refractivity contribution in [1.82, 2.24) is 0 Å². The SMILES string of the molecule is COc1cccc(N)c1CCO. The maximum Gasteiger partial charge on any atom is 0.124 e. The van der Waals surface area contributed by atoms with Gasteiger partial charge in [-0.25, -0.2) is 0 Å². The van der Waals surface area contributed by atoms with Crippen LogP contribution in [0.15, 0.2) is 18.2 Å². The predicted octanol–water partition coefficient (Wildman–Crippen LogP) is 0.812. The third-order valence-corrected chi connectivity index (χ3v) is 1.75. The lowest BCUT2D eigenvalue weighted by Crippen LogP contribution is -2.00. The Morgan fingerprint density at radius 2 is 2.25 bits per heavy atom. The first kappa shape index (κ1) is 8.87. The van der Waals surface area contributed by atoms with Crippen LogP contribution < -0.4 is 10.5 Å². The Morgan fingerprint density at radius 3 is 2.83 bits per heavy atom. The fraction of sp³-hybridized carbons (Fsp3) is 0.333. The Morgan fingerprint density at radius 1 is 1.50 bits per heavy atom. The minimum absolute atomic E-state index is 0.0879. The normalized spacial score (nSPS) is 9.83. The van der Waals surface area contributed by atoms with Crippen molar-refractivity contribution in [2.24, 2.45) is 0 Å². The monoisotopic (exact) mass is 167 g/mol. The van der Waals surface area contributed by atoms with Crippen LogP contribution in [0.2, 0.25) is 0 Å². The fourth-order valence-electron chi connectivity index (χ4n) is 1.15. The first-order chi connectivity index (χ1) is 5.79. The Balaban J connectivity index is 3.02. The van der Waals surface area contributed by atoms with Crippen LogP contribution in [0.3, 0.4) is 0 Å². The summed E-state index contributed by atoms with van der Waals surface area (Å²) in [6, 6.07) is 5.46. The average Bonchev–Trinajstić information content (AvgIpc) is 2.09. The summed E-state index contributed by atoms with van der Waals surface area (Å²) in [5.41, 5.74) is 7.24. The molecule has 1 aromatic rings. The molecule has 0 aromatic heterocycles. The van der Waals surface area contributed by atoms with E-state index in [2.05, 4.69) is 0 Å². The van der Waals surface area contributed by atoms with Crippen molar-refractivity contribution in [3.63, 3.8) is 0 Å². The maximum absolute atomic E-state index is 8.75. The molecule has 12 heavy (non-hydrogen) atoms. The predicted molar refractivity (Wildman–Crippen MR) is 48.2 cm³/mol. The van der Waals surface area contributed by atoms with E-state index < -0.39 is 0 Å². The van der Waals surface area contributed by atoms with Gasteiger partial charge >= 0.3 is 0 Å². The molecule has 0 atom stereocenters. The van der Waals surface area contributed by atoms with Gasteiger partial charge in [-0.3, -0.25) is 0 Å². The summed E-state index contributed by atoms with van der Waals surface area (Å²) in [5, 5.41) is 8.75. The maximum atomic E-state index is 8.75. The van der Waals surface area contributed by atoms with Gasteiger partial charge in [0.25, 0.3) is 0 Å². The molecule has 0 spiro atoms. The van der Waals surface area contributed by atoms with Gasteiger partial charge in [-0.1, -0.05) is 6.07 Å². The lowest BCUT2D eigenvalue weighted by Gasteiger charge is -2.09. The van der Waals surface area contributed by atoms with E-state index in [1.165, 1.54) is 0 Å². The van der Waals surface area contributed by atoms with Crippen LogP contribution >= 0.6 is 0 Å². The number of ether oxygens (including phenoxy) is 1. The Bertz CT molecular complexity index is 261. The molecule has 66 valence electrons. The van der Waals surface area contributed by atoms with Crippen molar-refractivity contribution in [2.75, 3.05) is 19.5 Å². The van der Waals surface area contributed by atoms with Crippen molar-refractivity contribution in [3.05, 3.63) is 23.8 Å². The third-order valence-electron chi connectivity index (χ3n) is 1.75. The van der Waals surface area contributed by atoms with E-state index in [0.29, 0.717) is 12.1 Å². The van der Waals surface area contributed by atoms with Crippen LogP contribution in [0, 0.1) is 0 Å². The molecule has 0 aliphatic rings. The number of rotatable bonds is 3. The van der Waals surface area contributed by atoms with E-state index in [9.17, 15) is 0 Å². The average molecular weight is 167 g/mol. The number of aliphatic hydroxyl groups excluding tert-OH is 1. The summed E-state index contributed by atoms with van der Waals surface area (Å²) in [4.78, 5) is 0. The van der Waals surface area contributed by atoms with Crippen LogP contribution in [-0.2, 0) is 6.42 Å². The molecule has 0 bridgehead atoms. The summed E-state index contributed by atoms with van der Waals surface area (Å²) in [7, 11) is 1.59. The van der Waals surface area contributed by atoms with Gasteiger partial charge in [0.15, 0.2) is 0 Å². The molecule has 3 heteroatoms. The van der Waals surface area contributed by atoms with Crippen LogP contribution in [0.25, 0.3) is 0 Å². The molecule has 0 saturated heterocycles. The number of nitrogens with two attached hydrogens (primary N) is 1. The van der Waals surface area contributed by atoms with Gasteiger partial charge in [0.2, 0.25) is 0 Å². The van der Waals surface area contributed by atoms with Gasteiger partial charge in [-0.15, -0.1) is 0 Å². The number of hydrogen-bond donors (Lipinski definition) is 2. The lowest BCUT2D eigenvalue weighted by atomic mass is 10.1. The number of nitrogen functional groups attached to an aromatic ring is 1. The van der Waals surface area contributed by atoms with E-state index in [1.54, 1.807) is 13.2 Å². The van der Waals surface area contributed by atoms with Crippen LogP contribution in [0.4, 0.5) is 5.69 Å². The van der Waals surface area contributed by atoms with Gasteiger partial charge in [0, 0.05) is 24.3 Å².